The summed E-state index contributed by atoms with van der Waals surface area (Å²) in [5.41, 5.74) is 1.02. The van der Waals surface area contributed by atoms with Gasteiger partial charge in [-0.3, -0.25) is 0 Å². The molecule has 3 nitrogen and oxygen atoms in total. The van der Waals surface area contributed by atoms with E-state index in [0.29, 0.717) is 11.1 Å². The largest absolute Gasteiger partial charge is 0.316 e. The SMILES string of the molecule is Clc1nnc(C2CCNC2)cc1Br. The fourth-order valence-corrected chi connectivity index (χ4v) is 1.88. The maximum absolute atomic E-state index is 5.75. The minimum absolute atomic E-state index is 0.426. The lowest BCUT2D eigenvalue weighted by atomic mass is 10.1. The van der Waals surface area contributed by atoms with E-state index in [0.717, 1.165) is 29.7 Å². The number of rotatable bonds is 1. The molecule has 0 bridgehead atoms. The second kappa shape index (κ2) is 3.90. The zero-order chi connectivity index (χ0) is 9.26. The molecule has 1 saturated heterocycles. The van der Waals surface area contributed by atoms with Gasteiger partial charge in [0.05, 0.1) is 10.2 Å². The van der Waals surface area contributed by atoms with Crippen molar-refractivity contribution in [2.75, 3.05) is 13.1 Å². The highest BCUT2D eigenvalue weighted by Crippen LogP contribution is 2.25. The average Bonchev–Trinajstić information content (AvgIpc) is 2.62. The molecule has 0 spiro atoms. The average molecular weight is 263 g/mol. The zero-order valence-electron chi connectivity index (χ0n) is 6.93. The summed E-state index contributed by atoms with van der Waals surface area (Å²) < 4.78 is 0.825. The molecule has 1 aliphatic rings. The van der Waals surface area contributed by atoms with Crippen LogP contribution in [0.5, 0.6) is 0 Å². The Balaban J connectivity index is 2.25. The second-order valence-corrected chi connectivity index (χ2v) is 4.31. The quantitative estimate of drug-likeness (QED) is 0.841. The maximum Gasteiger partial charge on any atom is 0.165 e. The summed E-state index contributed by atoms with van der Waals surface area (Å²) in [5.74, 6) is 0.487. The first kappa shape index (κ1) is 9.37. The first-order chi connectivity index (χ1) is 6.27. The van der Waals surface area contributed by atoms with Crippen molar-refractivity contribution in [3.63, 3.8) is 0 Å². The summed E-state index contributed by atoms with van der Waals surface area (Å²) in [4.78, 5) is 0. The van der Waals surface area contributed by atoms with Gasteiger partial charge >= 0.3 is 0 Å². The number of nitrogens with one attached hydrogen (secondary N) is 1. The number of halogens is 2. The monoisotopic (exact) mass is 261 g/mol. The van der Waals surface area contributed by atoms with E-state index in [4.69, 9.17) is 11.6 Å². The lowest BCUT2D eigenvalue weighted by molar-refractivity contribution is 0.713. The molecule has 1 atom stereocenters. The van der Waals surface area contributed by atoms with Crippen molar-refractivity contribution in [2.45, 2.75) is 12.3 Å². The van der Waals surface area contributed by atoms with Crippen LogP contribution in [-0.2, 0) is 0 Å². The van der Waals surface area contributed by atoms with Gasteiger partial charge < -0.3 is 5.32 Å². The van der Waals surface area contributed by atoms with Crippen molar-refractivity contribution < 1.29 is 0 Å². The van der Waals surface area contributed by atoms with Crippen molar-refractivity contribution in [1.29, 1.82) is 0 Å². The molecule has 0 amide bonds. The van der Waals surface area contributed by atoms with Gasteiger partial charge in [0.2, 0.25) is 0 Å². The van der Waals surface area contributed by atoms with Crippen molar-refractivity contribution in [3.05, 3.63) is 21.4 Å². The van der Waals surface area contributed by atoms with E-state index < -0.39 is 0 Å². The van der Waals surface area contributed by atoms with Crippen LogP contribution in [0.1, 0.15) is 18.0 Å². The molecule has 1 aliphatic heterocycles. The minimum Gasteiger partial charge on any atom is -0.316 e. The lowest BCUT2D eigenvalue weighted by Crippen LogP contribution is -2.09. The number of hydrogen-bond acceptors (Lipinski definition) is 3. The molecule has 0 radical (unpaired) electrons. The van der Waals surface area contributed by atoms with E-state index in [-0.39, 0.29) is 0 Å². The van der Waals surface area contributed by atoms with Crippen LogP contribution in [0.25, 0.3) is 0 Å². The Kier molecular flexibility index (Phi) is 2.81. The summed E-state index contributed by atoms with van der Waals surface area (Å²) in [7, 11) is 0. The van der Waals surface area contributed by atoms with Crippen molar-refractivity contribution in [3.8, 4) is 0 Å². The Morgan fingerprint density at radius 1 is 1.54 bits per heavy atom. The standard InChI is InChI=1S/C8H9BrClN3/c9-6-3-7(12-13-8(6)10)5-1-2-11-4-5/h3,5,11H,1-2,4H2. The van der Waals surface area contributed by atoms with E-state index in [2.05, 4.69) is 31.4 Å². The van der Waals surface area contributed by atoms with E-state index >= 15 is 0 Å². The highest BCUT2D eigenvalue weighted by molar-refractivity contribution is 9.10. The van der Waals surface area contributed by atoms with E-state index in [1.807, 2.05) is 6.07 Å². The highest BCUT2D eigenvalue weighted by Gasteiger charge is 2.18. The second-order valence-electron chi connectivity index (χ2n) is 3.10. The molecule has 0 aromatic carbocycles. The van der Waals surface area contributed by atoms with Crippen LogP contribution < -0.4 is 5.32 Å². The summed E-state index contributed by atoms with van der Waals surface area (Å²) in [5, 5.41) is 11.6. The Morgan fingerprint density at radius 2 is 2.38 bits per heavy atom. The van der Waals surface area contributed by atoms with Crippen molar-refractivity contribution >= 4 is 27.5 Å². The predicted octanol–water partition coefficient (Wildman–Crippen LogP) is 1.97. The summed E-state index contributed by atoms with van der Waals surface area (Å²) in [6.07, 6.45) is 1.13. The van der Waals surface area contributed by atoms with Gasteiger partial charge in [-0.15, -0.1) is 5.10 Å². The van der Waals surface area contributed by atoms with Gasteiger partial charge in [0.1, 0.15) is 0 Å². The Hall–Kier alpha value is -0.190. The normalized spacial score (nSPS) is 22.2. The topological polar surface area (TPSA) is 37.8 Å². The zero-order valence-corrected chi connectivity index (χ0v) is 9.27. The number of hydrogen-bond donors (Lipinski definition) is 1. The first-order valence-electron chi connectivity index (χ1n) is 4.16. The molecular formula is C8H9BrClN3. The predicted molar refractivity (Wildman–Crippen MR) is 55.0 cm³/mol. The van der Waals surface area contributed by atoms with Crippen LogP contribution in [0, 0.1) is 0 Å². The first-order valence-corrected chi connectivity index (χ1v) is 5.34. The summed E-state index contributed by atoms with van der Waals surface area (Å²) in [6.45, 7) is 2.05. The van der Waals surface area contributed by atoms with Gasteiger partial charge in [0, 0.05) is 12.5 Å². The maximum atomic E-state index is 5.75. The van der Waals surface area contributed by atoms with E-state index in [9.17, 15) is 0 Å². The molecule has 1 N–H and O–H groups in total. The molecular weight excluding hydrogens is 253 g/mol. The smallest absolute Gasteiger partial charge is 0.165 e. The van der Waals surface area contributed by atoms with Crippen LogP contribution in [0.15, 0.2) is 10.5 Å². The van der Waals surface area contributed by atoms with Crippen LogP contribution in [0.2, 0.25) is 5.15 Å². The fourth-order valence-electron chi connectivity index (χ4n) is 1.47. The van der Waals surface area contributed by atoms with E-state index in [1.165, 1.54) is 0 Å². The molecule has 0 aliphatic carbocycles. The molecule has 0 saturated carbocycles. The van der Waals surface area contributed by atoms with Gasteiger partial charge in [-0.1, -0.05) is 11.6 Å². The molecule has 1 fully saturated rings. The Labute approximate surface area is 90.0 Å². The molecule has 13 heavy (non-hydrogen) atoms. The third kappa shape index (κ3) is 2.00. The van der Waals surface area contributed by atoms with Crippen LogP contribution in [0.4, 0.5) is 0 Å². The molecule has 5 heteroatoms. The Morgan fingerprint density at radius 3 is 3.00 bits per heavy atom. The van der Waals surface area contributed by atoms with Crippen LogP contribution >= 0.6 is 27.5 Å². The molecule has 1 aromatic rings. The number of nitrogens with zero attached hydrogens (tertiary/aromatic N) is 2. The fraction of sp³-hybridized carbons (Fsp3) is 0.500. The van der Waals surface area contributed by atoms with Gasteiger partial charge in [-0.25, -0.2) is 0 Å². The number of aromatic nitrogens is 2. The third-order valence-corrected chi connectivity index (χ3v) is 3.32. The Bertz CT molecular complexity index is 312. The van der Waals surface area contributed by atoms with Crippen LogP contribution in [-0.4, -0.2) is 23.3 Å². The minimum atomic E-state index is 0.426. The van der Waals surface area contributed by atoms with E-state index in [1.54, 1.807) is 0 Å². The molecule has 1 unspecified atom stereocenters. The summed E-state index contributed by atoms with van der Waals surface area (Å²) in [6, 6.07) is 1.95. The summed E-state index contributed by atoms with van der Waals surface area (Å²) >= 11 is 9.09. The van der Waals surface area contributed by atoms with Crippen molar-refractivity contribution in [2.24, 2.45) is 0 Å². The third-order valence-electron chi connectivity index (χ3n) is 2.20. The molecule has 1 aromatic heterocycles. The molecule has 70 valence electrons. The van der Waals surface area contributed by atoms with Gasteiger partial charge in [0.25, 0.3) is 0 Å². The van der Waals surface area contributed by atoms with Gasteiger partial charge in [-0.05, 0) is 35.0 Å². The molecule has 2 rings (SSSR count). The van der Waals surface area contributed by atoms with Gasteiger partial charge in [-0.2, -0.15) is 5.10 Å². The lowest BCUT2D eigenvalue weighted by Gasteiger charge is -2.06. The van der Waals surface area contributed by atoms with Crippen LogP contribution in [0.3, 0.4) is 0 Å². The molecule has 2 heterocycles. The van der Waals surface area contributed by atoms with Gasteiger partial charge in [0.15, 0.2) is 5.15 Å². The highest BCUT2D eigenvalue weighted by atomic mass is 79.9. The van der Waals surface area contributed by atoms with Crippen molar-refractivity contribution in [1.82, 2.24) is 15.5 Å².